The molecule has 2 rings (SSSR count). The van der Waals surface area contributed by atoms with Gasteiger partial charge in [-0.15, -0.1) is 0 Å². The van der Waals surface area contributed by atoms with E-state index in [0.717, 1.165) is 9.92 Å². The van der Waals surface area contributed by atoms with Gasteiger partial charge in [-0.05, 0) is 36.4 Å². The molecule has 1 N–H and O–H groups in total. The first-order valence-electron chi connectivity index (χ1n) is 5.20. The Morgan fingerprint density at radius 1 is 1.18 bits per heavy atom. The van der Waals surface area contributed by atoms with Crippen molar-refractivity contribution >= 4 is 17.7 Å². The minimum atomic E-state index is -0.0700. The van der Waals surface area contributed by atoms with Crippen molar-refractivity contribution in [1.29, 1.82) is 0 Å². The van der Waals surface area contributed by atoms with Gasteiger partial charge in [-0.1, -0.05) is 17.8 Å². The van der Waals surface area contributed by atoms with Crippen molar-refractivity contribution in [2.45, 2.75) is 9.92 Å². The summed E-state index contributed by atoms with van der Waals surface area (Å²) in [7, 11) is 1.62. The highest BCUT2D eigenvalue weighted by Crippen LogP contribution is 2.25. The number of carbonyl (C=O) groups excluding carboxylic acids is 1. The van der Waals surface area contributed by atoms with Gasteiger partial charge in [0.2, 0.25) is 0 Å². The van der Waals surface area contributed by atoms with Crippen LogP contribution in [0.2, 0.25) is 0 Å². The van der Waals surface area contributed by atoms with Gasteiger partial charge in [-0.25, -0.2) is 4.98 Å². The summed E-state index contributed by atoms with van der Waals surface area (Å²) >= 11 is 1.57. The van der Waals surface area contributed by atoms with Gasteiger partial charge in [0.05, 0.1) is 0 Å². The highest BCUT2D eigenvalue weighted by atomic mass is 32.2. The molecule has 1 aromatic heterocycles. The number of carbonyl (C=O) groups is 1. The number of benzene rings is 1. The Morgan fingerprint density at radius 3 is 2.53 bits per heavy atom. The Bertz CT molecular complexity index is 497. The van der Waals surface area contributed by atoms with Crippen LogP contribution in [-0.2, 0) is 0 Å². The second-order valence-corrected chi connectivity index (χ2v) is 4.47. The molecule has 4 heteroatoms. The second-order valence-electron chi connectivity index (χ2n) is 3.37. The van der Waals surface area contributed by atoms with Gasteiger partial charge in [0, 0.05) is 23.7 Å². The maximum Gasteiger partial charge on any atom is 0.251 e. The number of rotatable bonds is 3. The third kappa shape index (κ3) is 3.07. The van der Waals surface area contributed by atoms with Gasteiger partial charge in [-0.3, -0.25) is 4.79 Å². The summed E-state index contributed by atoms with van der Waals surface area (Å²) < 4.78 is 0. The lowest BCUT2D eigenvalue weighted by Gasteiger charge is -2.02. The number of nitrogens with one attached hydrogen (secondary N) is 1. The van der Waals surface area contributed by atoms with Crippen LogP contribution in [-0.4, -0.2) is 17.9 Å². The molecule has 0 aliphatic heterocycles. The van der Waals surface area contributed by atoms with E-state index in [0.29, 0.717) is 5.56 Å². The Balaban J connectivity index is 2.11. The molecule has 0 saturated heterocycles. The Morgan fingerprint density at radius 2 is 1.94 bits per heavy atom. The molecule has 0 aliphatic rings. The van der Waals surface area contributed by atoms with Gasteiger partial charge in [-0.2, -0.15) is 0 Å². The quantitative estimate of drug-likeness (QED) is 0.902. The molecule has 17 heavy (non-hydrogen) atoms. The van der Waals surface area contributed by atoms with Crippen LogP contribution in [0.5, 0.6) is 0 Å². The summed E-state index contributed by atoms with van der Waals surface area (Å²) in [4.78, 5) is 16.7. The molecule has 0 aliphatic carbocycles. The van der Waals surface area contributed by atoms with Gasteiger partial charge < -0.3 is 5.32 Å². The minimum Gasteiger partial charge on any atom is -0.355 e. The molecule has 0 saturated carbocycles. The number of nitrogens with zero attached hydrogens (tertiary/aromatic N) is 1. The van der Waals surface area contributed by atoms with E-state index >= 15 is 0 Å². The highest BCUT2D eigenvalue weighted by molar-refractivity contribution is 7.99. The highest BCUT2D eigenvalue weighted by Gasteiger charge is 2.03. The lowest BCUT2D eigenvalue weighted by Crippen LogP contribution is -2.17. The first-order chi connectivity index (χ1) is 8.29. The fourth-order valence-electron chi connectivity index (χ4n) is 1.35. The normalized spacial score (nSPS) is 9.94. The molecular formula is C13H12N2OS. The lowest BCUT2D eigenvalue weighted by atomic mass is 10.2. The molecule has 0 fully saturated rings. The first-order valence-corrected chi connectivity index (χ1v) is 6.02. The van der Waals surface area contributed by atoms with Crippen LogP contribution in [0.4, 0.5) is 0 Å². The van der Waals surface area contributed by atoms with E-state index in [1.54, 1.807) is 25.0 Å². The zero-order valence-electron chi connectivity index (χ0n) is 9.38. The van der Waals surface area contributed by atoms with E-state index in [1.807, 2.05) is 42.5 Å². The second kappa shape index (κ2) is 5.50. The van der Waals surface area contributed by atoms with Gasteiger partial charge >= 0.3 is 0 Å². The number of hydrogen-bond donors (Lipinski definition) is 1. The number of pyridine rings is 1. The van der Waals surface area contributed by atoms with Crippen LogP contribution in [0.1, 0.15) is 10.4 Å². The standard InChI is InChI=1S/C13H12N2OS/c1-14-13(16)10-5-7-11(8-6-10)17-12-4-2-3-9-15-12/h2-9H,1H3,(H,14,16). The molecule has 0 spiro atoms. The van der Waals surface area contributed by atoms with Crippen molar-refractivity contribution in [2.75, 3.05) is 7.05 Å². The van der Waals surface area contributed by atoms with Crippen molar-refractivity contribution in [2.24, 2.45) is 0 Å². The lowest BCUT2D eigenvalue weighted by molar-refractivity contribution is 0.0963. The van der Waals surface area contributed by atoms with E-state index in [1.165, 1.54) is 0 Å². The number of aromatic nitrogens is 1. The van der Waals surface area contributed by atoms with Gasteiger partial charge in [0.15, 0.2) is 0 Å². The average Bonchev–Trinajstić information content (AvgIpc) is 2.40. The van der Waals surface area contributed by atoms with Crippen LogP contribution >= 0.6 is 11.8 Å². The molecule has 3 nitrogen and oxygen atoms in total. The molecule has 0 radical (unpaired) electrons. The van der Waals surface area contributed by atoms with Crippen molar-refractivity contribution in [3.8, 4) is 0 Å². The predicted molar refractivity (Wildman–Crippen MR) is 68.2 cm³/mol. The Hall–Kier alpha value is -1.81. The molecule has 86 valence electrons. The molecule has 1 aromatic carbocycles. The third-order valence-corrected chi connectivity index (χ3v) is 3.16. The van der Waals surface area contributed by atoms with Crippen molar-refractivity contribution < 1.29 is 4.79 Å². The van der Waals surface area contributed by atoms with E-state index in [-0.39, 0.29) is 5.91 Å². The Labute approximate surface area is 104 Å². The maximum atomic E-state index is 11.4. The SMILES string of the molecule is CNC(=O)c1ccc(Sc2ccccn2)cc1. The monoisotopic (exact) mass is 244 g/mol. The van der Waals surface area contributed by atoms with Crippen LogP contribution in [0.15, 0.2) is 58.6 Å². The summed E-state index contributed by atoms with van der Waals surface area (Å²) in [5, 5.41) is 3.54. The average molecular weight is 244 g/mol. The Kier molecular flexibility index (Phi) is 3.77. The fourth-order valence-corrected chi connectivity index (χ4v) is 2.12. The number of amides is 1. The summed E-state index contributed by atoms with van der Waals surface area (Å²) in [5.41, 5.74) is 0.665. The van der Waals surface area contributed by atoms with Crippen LogP contribution in [0.25, 0.3) is 0 Å². The predicted octanol–water partition coefficient (Wildman–Crippen LogP) is 2.59. The van der Waals surface area contributed by atoms with Crippen LogP contribution < -0.4 is 5.32 Å². The zero-order valence-corrected chi connectivity index (χ0v) is 10.2. The van der Waals surface area contributed by atoms with E-state index in [9.17, 15) is 4.79 Å². The van der Waals surface area contributed by atoms with Crippen molar-refractivity contribution in [3.05, 3.63) is 54.2 Å². The van der Waals surface area contributed by atoms with Crippen molar-refractivity contribution in [3.63, 3.8) is 0 Å². The van der Waals surface area contributed by atoms with E-state index in [2.05, 4.69) is 10.3 Å². The van der Waals surface area contributed by atoms with Gasteiger partial charge in [0.1, 0.15) is 5.03 Å². The van der Waals surface area contributed by atoms with E-state index < -0.39 is 0 Å². The topological polar surface area (TPSA) is 42.0 Å². The van der Waals surface area contributed by atoms with Crippen LogP contribution in [0.3, 0.4) is 0 Å². The molecular weight excluding hydrogens is 232 g/mol. The summed E-state index contributed by atoms with van der Waals surface area (Å²) in [6.07, 6.45) is 1.77. The molecule has 0 bridgehead atoms. The molecule has 0 atom stereocenters. The van der Waals surface area contributed by atoms with E-state index in [4.69, 9.17) is 0 Å². The first kappa shape index (κ1) is 11.7. The summed E-state index contributed by atoms with van der Waals surface area (Å²) in [6.45, 7) is 0. The van der Waals surface area contributed by atoms with Crippen LogP contribution in [0, 0.1) is 0 Å². The largest absolute Gasteiger partial charge is 0.355 e. The fraction of sp³-hybridized carbons (Fsp3) is 0.0769. The van der Waals surface area contributed by atoms with Gasteiger partial charge in [0.25, 0.3) is 5.91 Å². The summed E-state index contributed by atoms with van der Waals surface area (Å²) in [5.74, 6) is -0.0700. The smallest absolute Gasteiger partial charge is 0.251 e. The zero-order chi connectivity index (χ0) is 12.1. The number of hydrogen-bond acceptors (Lipinski definition) is 3. The molecule has 2 aromatic rings. The molecule has 1 amide bonds. The minimum absolute atomic E-state index is 0.0700. The maximum absolute atomic E-state index is 11.4. The summed E-state index contributed by atoms with van der Waals surface area (Å²) in [6, 6.07) is 13.3. The molecule has 1 heterocycles. The third-order valence-electron chi connectivity index (χ3n) is 2.20. The van der Waals surface area contributed by atoms with Crippen molar-refractivity contribution in [1.82, 2.24) is 10.3 Å². The molecule has 0 unspecified atom stereocenters.